The summed E-state index contributed by atoms with van der Waals surface area (Å²) in [5.41, 5.74) is -5.28. The lowest BCUT2D eigenvalue weighted by Crippen LogP contribution is -2.18. The third kappa shape index (κ3) is 3.86. The molecule has 0 radical (unpaired) electrons. The molecule has 0 saturated carbocycles. The maximum atomic E-state index is 15.0. The van der Waals surface area contributed by atoms with Crippen molar-refractivity contribution < 1.29 is 27.5 Å². The Morgan fingerprint density at radius 1 is 1.41 bits per heavy atom. The second kappa shape index (κ2) is 7.35. The van der Waals surface area contributed by atoms with Crippen molar-refractivity contribution in [3.63, 3.8) is 0 Å². The fourth-order valence-corrected chi connectivity index (χ4v) is 3.54. The Morgan fingerprint density at radius 3 is 2.85 bits per heavy atom. The van der Waals surface area contributed by atoms with Gasteiger partial charge in [0.25, 0.3) is 0 Å². The molecule has 0 unspecified atom stereocenters. The third-order valence-corrected chi connectivity index (χ3v) is 4.94. The smallest absolute Gasteiger partial charge is 0.232 e. The summed E-state index contributed by atoms with van der Waals surface area (Å²) in [6.45, 7) is 0.700. The number of pyridine rings is 1. The van der Waals surface area contributed by atoms with E-state index in [2.05, 4.69) is 25.9 Å². The van der Waals surface area contributed by atoms with E-state index in [1.807, 2.05) is 0 Å². The maximum absolute atomic E-state index is 15.0. The number of aromatic nitrogens is 2. The topological polar surface area (TPSA) is 91.9 Å². The van der Waals surface area contributed by atoms with Gasteiger partial charge in [-0.3, -0.25) is 9.52 Å². The highest BCUT2D eigenvalue weighted by atomic mass is 79.9. The van der Waals surface area contributed by atoms with E-state index in [1.54, 1.807) is 4.72 Å². The molecule has 0 fully saturated rings. The van der Waals surface area contributed by atoms with Gasteiger partial charge in [-0.05, 0) is 40.5 Å². The van der Waals surface area contributed by atoms with E-state index in [1.165, 1.54) is 18.5 Å². The van der Waals surface area contributed by atoms with Crippen molar-refractivity contribution in [2.45, 2.75) is 13.3 Å². The van der Waals surface area contributed by atoms with E-state index in [0.29, 0.717) is 23.5 Å². The van der Waals surface area contributed by atoms with Crippen LogP contribution in [-0.2, 0) is 10.0 Å². The molecule has 6 nitrogen and oxygen atoms in total. The lowest BCUT2D eigenvalue weighted by molar-refractivity contribution is 0.103. The number of aromatic amines is 1. The summed E-state index contributed by atoms with van der Waals surface area (Å²) in [5, 5.41) is 0.264. The highest BCUT2D eigenvalue weighted by molar-refractivity contribution is 9.10. The molecule has 0 aliphatic heterocycles. The SMILES string of the molecule is [2H]C([2H])(C)C([2H])([2H])S(=O)(=O)Nc1ccc(F)c(C(=O)c2c[nH]c3ncc(Br)cc23)c1F. The number of ketones is 1. The summed E-state index contributed by atoms with van der Waals surface area (Å²) in [6, 6.07) is 2.83. The van der Waals surface area contributed by atoms with Crippen molar-refractivity contribution in [2.24, 2.45) is 0 Å². The van der Waals surface area contributed by atoms with Crippen LogP contribution in [0.15, 0.2) is 35.1 Å². The fraction of sp³-hybridized carbons (Fsp3) is 0.176. The Bertz CT molecular complexity index is 1310. The standard InChI is InChI=1S/C17H14BrF2N3O3S/c1-2-5-27(25,26)23-13-4-3-12(19)14(15(13)20)16(24)11-8-22-17-10(11)6-9(18)7-21-17/h3-4,6-8,23H,2,5H2,1H3,(H,21,22)/i2D2,5D2. The molecule has 2 aromatic heterocycles. The van der Waals surface area contributed by atoms with Crippen molar-refractivity contribution in [1.29, 1.82) is 0 Å². The summed E-state index contributed by atoms with van der Waals surface area (Å²) in [7, 11) is -5.13. The van der Waals surface area contributed by atoms with Crippen LogP contribution >= 0.6 is 15.9 Å². The summed E-state index contributed by atoms with van der Waals surface area (Å²) in [4.78, 5) is 19.6. The second-order valence-corrected chi connectivity index (χ2v) is 7.65. The van der Waals surface area contributed by atoms with Crippen molar-refractivity contribution in [3.05, 3.63) is 57.8 Å². The van der Waals surface area contributed by atoms with Crippen molar-refractivity contribution in [2.75, 3.05) is 10.4 Å². The van der Waals surface area contributed by atoms with Crippen LogP contribution in [0.1, 0.15) is 34.7 Å². The predicted molar refractivity (Wildman–Crippen MR) is 101 cm³/mol. The van der Waals surface area contributed by atoms with Crippen molar-refractivity contribution in [1.82, 2.24) is 9.97 Å². The molecule has 27 heavy (non-hydrogen) atoms. The molecule has 10 heteroatoms. The zero-order valence-corrected chi connectivity index (χ0v) is 16.0. The number of H-pyrrole nitrogens is 1. The minimum Gasteiger partial charge on any atom is -0.345 e. The molecule has 142 valence electrons. The summed E-state index contributed by atoms with van der Waals surface area (Å²) in [5.74, 6) is -3.94. The van der Waals surface area contributed by atoms with Gasteiger partial charge in [-0.2, -0.15) is 0 Å². The Balaban J connectivity index is 2.09. The highest BCUT2D eigenvalue weighted by Crippen LogP contribution is 2.28. The normalized spacial score (nSPS) is 15.0. The van der Waals surface area contributed by atoms with Gasteiger partial charge in [-0.25, -0.2) is 22.2 Å². The number of nitrogens with zero attached hydrogens (tertiary/aromatic N) is 1. The number of carbonyl (C=O) groups is 1. The Labute approximate surface area is 167 Å². The van der Waals surface area contributed by atoms with Gasteiger partial charge in [0.2, 0.25) is 15.8 Å². The zero-order chi connectivity index (χ0) is 23.4. The van der Waals surface area contributed by atoms with Crippen LogP contribution in [0.4, 0.5) is 14.5 Å². The van der Waals surface area contributed by atoms with Gasteiger partial charge in [-0.1, -0.05) is 6.92 Å². The molecule has 1 aromatic carbocycles. The second-order valence-electron chi connectivity index (χ2n) is 5.32. The first-order chi connectivity index (χ1) is 14.2. The number of hydrogen-bond acceptors (Lipinski definition) is 4. The molecule has 3 aromatic rings. The first-order valence-electron chi connectivity index (χ1n) is 9.35. The predicted octanol–water partition coefficient (Wildman–Crippen LogP) is 3.99. The van der Waals surface area contributed by atoms with Crippen LogP contribution in [0, 0.1) is 11.6 Å². The number of rotatable bonds is 6. The molecule has 2 N–H and O–H groups in total. The molecule has 0 amide bonds. The van der Waals surface area contributed by atoms with Crippen LogP contribution < -0.4 is 4.72 Å². The molecule has 0 atom stereocenters. The quantitative estimate of drug-likeness (QED) is 0.542. The van der Waals surface area contributed by atoms with Crippen LogP contribution in [0.3, 0.4) is 0 Å². The van der Waals surface area contributed by atoms with Crippen LogP contribution in [0.5, 0.6) is 0 Å². The van der Waals surface area contributed by atoms with Crippen LogP contribution in [0.2, 0.25) is 0 Å². The lowest BCUT2D eigenvalue weighted by Gasteiger charge is -2.11. The van der Waals surface area contributed by atoms with Crippen LogP contribution in [0.25, 0.3) is 11.0 Å². The number of anilines is 1. The van der Waals surface area contributed by atoms with Gasteiger partial charge >= 0.3 is 0 Å². The Kier molecular flexibility index (Phi) is 4.00. The van der Waals surface area contributed by atoms with E-state index < -0.39 is 50.8 Å². The molecule has 0 spiro atoms. The monoisotopic (exact) mass is 461 g/mol. The third-order valence-electron chi connectivity index (χ3n) is 3.54. The van der Waals surface area contributed by atoms with E-state index in [4.69, 9.17) is 5.48 Å². The van der Waals surface area contributed by atoms with Gasteiger partial charge in [0.15, 0.2) is 5.82 Å². The van der Waals surface area contributed by atoms with E-state index >= 15 is 4.39 Å². The molecule has 0 bridgehead atoms. The average molecular weight is 462 g/mol. The molecule has 0 aliphatic rings. The Morgan fingerprint density at radius 2 is 2.15 bits per heavy atom. The number of halogens is 3. The molecular formula is C17H14BrF2N3O3S. The minimum atomic E-state index is -5.13. The maximum Gasteiger partial charge on any atom is 0.232 e. The fourth-order valence-electron chi connectivity index (χ4n) is 2.44. The molecule has 0 aliphatic carbocycles. The number of hydrogen-bond donors (Lipinski definition) is 2. The largest absolute Gasteiger partial charge is 0.345 e. The van der Waals surface area contributed by atoms with Gasteiger partial charge in [-0.15, -0.1) is 0 Å². The van der Waals surface area contributed by atoms with Gasteiger partial charge in [0, 0.05) is 33.3 Å². The number of benzene rings is 1. The number of sulfonamides is 1. The first-order valence-corrected chi connectivity index (χ1v) is 9.62. The number of nitrogens with one attached hydrogen (secondary N) is 2. The highest BCUT2D eigenvalue weighted by Gasteiger charge is 2.25. The molecule has 0 saturated heterocycles. The van der Waals surface area contributed by atoms with Gasteiger partial charge in [0.1, 0.15) is 11.5 Å². The van der Waals surface area contributed by atoms with E-state index in [0.717, 1.165) is 0 Å². The zero-order valence-electron chi connectivity index (χ0n) is 17.6. The van der Waals surface area contributed by atoms with Gasteiger partial charge in [0.05, 0.1) is 17.0 Å². The Hall–Kier alpha value is -2.33. The number of carbonyl (C=O) groups excluding carboxylic acids is 1. The minimum absolute atomic E-state index is 0.123. The van der Waals surface area contributed by atoms with E-state index in [9.17, 15) is 17.6 Å². The lowest BCUT2D eigenvalue weighted by atomic mass is 10.0. The van der Waals surface area contributed by atoms with Crippen molar-refractivity contribution in [3.8, 4) is 0 Å². The van der Waals surface area contributed by atoms with Crippen LogP contribution in [-0.4, -0.2) is 29.9 Å². The van der Waals surface area contributed by atoms with Crippen molar-refractivity contribution >= 4 is 48.5 Å². The van der Waals surface area contributed by atoms with E-state index in [-0.39, 0.29) is 16.6 Å². The van der Waals surface area contributed by atoms with Gasteiger partial charge < -0.3 is 4.98 Å². The molecule has 2 heterocycles. The summed E-state index contributed by atoms with van der Waals surface area (Å²) < 4.78 is 86.1. The summed E-state index contributed by atoms with van der Waals surface area (Å²) >= 11 is 3.19. The number of fused-ring (bicyclic) bond motifs is 1. The molecule has 3 rings (SSSR count). The average Bonchev–Trinajstić information content (AvgIpc) is 3.06. The first kappa shape index (κ1) is 14.7. The summed E-state index contributed by atoms with van der Waals surface area (Å²) in [6.07, 6.45) is -0.200. The molecular weight excluding hydrogens is 444 g/mol.